The Bertz CT molecular complexity index is 505. The van der Waals surface area contributed by atoms with Gasteiger partial charge in [0.15, 0.2) is 0 Å². The number of aryl methyl sites for hydroxylation is 2. The normalized spacial score (nSPS) is 12.4. The quantitative estimate of drug-likeness (QED) is 0.804. The molecule has 0 saturated carbocycles. The van der Waals surface area contributed by atoms with Crippen molar-refractivity contribution in [3.05, 3.63) is 53.5 Å². The summed E-state index contributed by atoms with van der Waals surface area (Å²) in [5.74, 6) is 1.92. The molecular formula is C16H21NO2. The molecule has 0 radical (unpaired) electrons. The first-order valence-corrected chi connectivity index (χ1v) is 6.63. The van der Waals surface area contributed by atoms with Crippen molar-refractivity contribution in [3.63, 3.8) is 0 Å². The van der Waals surface area contributed by atoms with E-state index in [2.05, 4.69) is 44.3 Å². The predicted molar refractivity (Wildman–Crippen MR) is 76.5 cm³/mol. The molecule has 1 N–H and O–H groups in total. The Morgan fingerprint density at radius 1 is 1.26 bits per heavy atom. The van der Waals surface area contributed by atoms with E-state index in [1.807, 2.05) is 12.1 Å². The molecule has 3 heteroatoms. The summed E-state index contributed by atoms with van der Waals surface area (Å²) in [5.41, 5.74) is 2.39. The van der Waals surface area contributed by atoms with Gasteiger partial charge in [0.2, 0.25) is 0 Å². The van der Waals surface area contributed by atoms with Gasteiger partial charge < -0.3 is 14.5 Å². The highest BCUT2D eigenvalue weighted by molar-refractivity contribution is 5.35. The topological polar surface area (TPSA) is 34.4 Å². The summed E-state index contributed by atoms with van der Waals surface area (Å²) in [6, 6.07) is 10.3. The predicted octanol–water partition coefficient (Wildman–Crippen LogP) is 3.63. The molecule has 19 heavy (non-hydrogen) atoms. The molecular weight excluding hydrogens is 238 g/mol. The Hall–Kier alpha value is -1.74. The van der Waals surface area contributed by atoms with Gasteiger partial charge >= 0.3 is 0 Å². The summed E-state index contributed by atoms with van der Waals surface area (Å²) >= 11 is 0. The van der Waals surface area contributed by atoms with Gasteiger partial charge in [-0.25, -0.2) is 0 Å². The van der Waals surface area contributed by atoms with Crippen LogP contribution in [0.2, 0.25) is 0 Å². The molecule has 3 nitrogen and oxygen atoms in total. The SMILES string of the molecule is Cc1ccc(C)c(OCCNC(C)c2ccco2)c1. The maximum atomic E-state index is 5.79. The lowest BCUT2D eigenvalue weighted by Gasteiger charge is -2.13. The van der Waals surface area contributed by atoms with Crippen LogP contribution in [-0.2, 0) is 0 Å². The maximum absolute atomic E-state index is 5.79. The molecule has 0 saturated heterocycles. The van der Waals surface area contributed by atoms with Crippen molar-refractivity contribution in [3.8, 4) is 5.75 Å². The maximum Gasteiger partial charge on any atom is 0.122 e. The number of ether oxygens (including phenoxy) is 1. The van der Waals surface area contributed by atoms with Crippen LogP contribution < -0.4 is 10.1 Å². The number of benzene rings is 1. The van der Waals surface area contributed by atoms with Gasteiger partial charge in [0.1, 0.15) is 18.1 Å². The van der Waals surface area contributed by atoms with E-state index in [1.54, 1.807) is 6.26 Å². The standard InChI is InChI=1S/C16H21NO2/c1-12-6-7-13(2)16(11-12)19-10-8-17-14(3)15-5-4-9-18-15/h4-7,9,11,14,17H,8,10H2,1-3H3. The van der Waals surface area contributed by atoms with E-state index in [0.717, 1.165) is 18.1 Å². The minimum atomic E-state index is 0.206. The van der Waals surface area contributed by atoms with E-state index in [9.17, 15) is 0 Å². The Morgan fingerprint density at radius 3 is 2.84 bits per heavy atom. The van der Waals surface area contributed by atoms with Gasteiger partial charge in [-0.2, -0.15) is 0 Å². The minimum Gasteiger partial charge on any atom is -0.492 e. The van der Waals surface area contributed by atoms with Crippen LogP contribution in [0.4, 0.5) is 0 Å². The van der Waals surface area contributed by atoms with Crippen LogP contribution in [0.3, 0.4) is 0 Å². The lowest BCUT2D eigenvalue weighted by Crippen LogP contribution is -2.24. The minimum absolute atomic E-state index is 0.206. The molecule has 0 fully saturated rings. The van der Waals surface area contributed by atoms with Gasteiger partial charge in [-0.1, -0.05) is 12.1 Å². The van der Waals surface area contributed by atoms with Gasteiger partial charge in [0, 0.05) is 6.54 Å². The van der Waals surface area contributed by atoms with Gasteiger partial charge in [-0.05, 0) is 50.1 Å². The van der Waals surface area contributed by atoms with Crippen molar-refractivity contribution in [2.45, 2.75) is 26.8 Å². The van der Waals surface area contributed by atoms with Crippen LogP contribution in [0, 0.1) is 13.8 Å². The highest BCUT2D eigenvalue weighted by Crippen LogP contribution is 2.19. The third-order valence-corrected chi connectivity index (χ3v) is 3.12. The molecule has 0 aliphatic carbocycles. The average molecular weight is 259 g/mol. The Labute approximate surface area is 114 Å². The first-order chi connectivity index (χ1) is 9.16. The first-order valence-electron chi connectivity index (χ1n) is 6.63. The van der Waals surface area contributed by atoms with Gasteiger partial charge in [-0.15, -0.1) is 0 Å². The molecule has 1 aromatic carbocycles. The molecule has 102 valence electrons. The molecule has 1 atom stereocenters. The van der Waals surface area contributed by atoms with Gasteiger partial charge in [-0.3, -0.25) is 0 Å². The first kappa shape index (κ1) is 13.7. The molecule has 0 aliphatic heterocycles. The van der Waals surface area contributed by atoms with Crippen molar-refractivity contribution >= 4 is 0 Å². The van der Waals surface area contributed by atoms with Crippen LogP contribution in [0.1, 0.15) is 29.9 Å². The van der Waals surface area contributed by atoms with Crippen molar-refractivity contribution in [2.75, 3.05) is 13.2 Å². The van der Waals surface area contributed by atoms with E-state index in [4.69, 9.17) is 9.15 Å². The fourth-order valence-electron chi connectivity index (χ4n) is 1.94. The zero-order valence-electron chi connectivity index (χ0n) is 11.8. The monoisotopic (exact) mass is 259 g/mol. The summed E-state index contributed by atoms with van der Waals surface area (Å²) in [5, 5.41) is 3.37. The molecule has 0 spiro atoms. The van der Waals surface area contributed by atoms with Gasteiger partial charge in [0.25, 0.3) is 0 Å². The smallest absolute Gasteiger partial charge is 0.122 e. The number of nitrogens with one attached hydrogen (secondary N) is 1. The number of rotatable bonds is 6. The molecule has 1 aromatic heterocycles. The lowest BCUT2D eigenvalue weighted by molar-refractivity contribution is 0.300. The van der Waals surface area contributed by atoms with Crippen LogP contribution in [0.25, 0.3) is 0 Å². The van der Waals surface area contributed by atoms with Crippen molar-refractivity contribution in [1.29, 1.82) is 0 Å². The number of hydrogen-bond acceptors (Lipinski definition) is 3. The second-order valence-corrected chi connectivity index (χ2v) is 4.81. The number of hydrogen-bond donors (Lipinski definition) is 1. The van der Waals surface area contributed by atoms with E-state index < -0.39 is 0 Å². The summed E-state index contributed by atoms with van der Waals surface area (Å²) in [6.45, 7) is 7.65. The van der Waals surface area contributed by atoms with Crippen LogP contribution in [0.15, 0.2) is 41.0 Å². The Kier molecular flexibility index (Phi) is 4.63. The van der Waals surface area contributed by atoms with Crippen molar-refractivity contribution in [2.24, 2.45) is 0 Å². The average Bonchev–Trinajstić information content (AvgIpc) is 2.92. The molecule has 2 aromatic rings. The molecule has 0 amide bonds. The Morgan fingerprint density at radius 2 is 2.11 bits per heavy atom. The Balaban J connectivity index is 1.76. The fraction of sp³-hybridized carbons (Fsp3) is 0.375. The largest absolute Gasteiger partial charge is 0.492 e. The zero-order chi connectivity index (χ0) is 13.7. The third kappa shape index (κ3) is 3.86. The fourth-order valence-corrected chi connectivity index (χ4v) is 1.94. The number of furan rings is 1. The van der Waals surface area contributed by atoms with Crippen LogP contribution in [0.5, 0.6) is 5.75 Å². The van der Waals surface area contributed by atoms with Crippen molar-refractivity contribution in [1.82, 2.24) is 5.32 Å². The summed E-state index contributed by atoms with van der Waals surface area (Å²) in [4.78, 5) is 0. The lowest BCUT2D eigenvalue weighted by atomic mass is 10.1. The van der Waals surface area contributed by atoms with E-state index >= 15 is 0 Å². The second kappa shape index (κ2) is 6.43. The van der Waals surface area contributed by atoms with E-state index in [0.29, 0.717) is 6.61 Å². The molecule has 1 unspecified atom stereocenters. The summed E-state index contributed by atoms with van der Waals surface area (Å²) in [7, 11) is 0. The van der Waals surface area contributed by atoms with Gasteiger partial charge in [0.05, 0.1) is 12.3 Å². The highest BCUT2D eigenvalue weighted by atomic mass is 16.5. The van der Waals surface area contributed by atoms with Crippen LogP contribution >= 0.6 is 0 Å². The van der Waals surface area contributed by atoms with Crippen molar-refractivity contribution < 1.29 is 9.15 Å². The van der Waals surface area contributed by atoms with E-state index in [1.165, 1.54) is 11.1 Å². The summed E-state index contributed by atoms with van der Waals surface area (Å²) < 4.78 is 11.1. The highest BCUT2D eigenvalue weighted by Gasteiger charge is 2.06. The molecule has 0 aliphatic rings. The molecule has 0 bridgehead atoms. The van der Waals surface area contributed by atoms with Crippen LogP contribution in [-0.4, -0.2) is 13.2 Å². The van der Waals surface area contributed by atoms with E-state index in [-0.39, 0.29) is 6.04 Å². The molecule has 2 rings (SSSR count). The zero-order valence-corrected chi connectivity index (χ0v) is 11.8. The molecule has 1 heterocycles. The second-order valence-electron chi connectivity index (χ2n) is 4.81. The third-order valence-electron chi connectivity index (χ3n) is 3.12. The summed E-state index contributed by atoms with van der Waals surface area (Å²) in [6.07, 6.45) is 1.69.